The molecule has 2 saturated heterocycles. The molecule has 2 fully saturated rings. The Labute approximate surface area is 119 Å². The van der Waals surface area contributed by atoms with Crippen molar-refractivity contribution in [3.8, 4) is 0 Å². The van der Waals surface area contributed by atoms with Crippen molar-refractivity contribution in [3.63, 3.8) is 0 Å². The van der Waals surface area contributed by atoms with Gasteiger partial charge in [0.2, 0.25) is 5.91 Å². The highest BCUT2D eigenvalue weighted by atomic mass is 16.3. The van der Waals surface area contributed by atoms with Crippen LogP contribution in [-0.2, 0) is 11.3 Å². The fourth-order valence-corrected chi connectivity index (χ4v) is 3.38. The number of nitrogens with one attached hydrogen (secondary N) is 2. The number of amides is 1. The molecule has 2 aliphatic rings. The van der Waals surface area contributed by atoms with Gasteiger partial charge in [-0.3, -0.25) is 9.69 Å². The second-order valence-corrected chi connectivity index (χ2v) is 5.74. The molecule has 0 aromatic carbocycles. The minimum absolute atomic E-state index is 0.0892. The van der Waals surface area contributed by atoms with Crippen LogP contribution in [0.3, 0.4) is 0 Å². The van der Waals surface area contributed by atoms with E-state index in [1.165, 1.54) is 25.7 Å². The Balaban J connectivity index is 1.47. The normalized spacial score (nSPS) is 27.0. The maximum absolute atomic E-state index is 12.0. The van der Waals surface area contributed by atoms with Crippen molar-refractivity contribution >= 4 is 5.91 Å². The number of hydrogen-bond acceptors (Lipinski definition) is 4. The number of hydrogen-bond donors (Lipinski definition) is 2. The number of nitrogens with zero attached hydrogens (tertiary/aromatic N) is 1. The summed E-state index contributed by atoms with van der Waals surface area (Å²) in [7, 11) is 0. The third kappa shape index (κ3) is 3.22. The summed E-state index contributed by atoms with van der Waals surface area (Å²) in [5, 5.41) is 6.50. The number of likely N-dealkylation sites (tertiary alicyclic amines) is 1. The Bertz CT molecular complexity index is 426. The average Bonchev–Trinajstić information content (AvgIpc) is 3.18. The summed E-state index contributed by atoms with van der Waals surface area (Å²) in [5.74, 6) is 0.889. The minimum Gasteiger partial charge on any atom is -0.467 e. The lowest BCUT2D eigenvalue weighted by Crippen LogP contribution is -2.47. The smallest absolute Gasteiger partial charge is 0.234 e. The summed E-state index contributed by atoms with van der Waals surface area (Å²) in [5.41, 5.74) is 0. The van der Waals surface area contributed by atoms with Crippen LogP contribution in [0.4, 0.5) is 0 Å². The second kappa shape index (κ2) is 6.41. The molecule has 0 radical (unpaired) electrons. The van der Waals surface area contributed by atoms with Gasteiger partial charge in [0.05, 0.1) is 19.4 Å². The Hall–Kier alpha value is -1.33. The topological polar surface area (TPSA) is 57.5 Å². The van der Waals surface area contributed by atoms with Crippen molar-refractivity contribution in [2.24, 2.45) is 0 Å². The summed E-state index contributed by atoms with van der Waals surface area (Å²) < 4.78 is 5.22. The Morgan fingerprint density at radius 2 is 2.40 bits per heavy atom. The SMILES string of the molecule is O=C(CN1CCCC1C1CCCN1)NCc1ccco1. The lowest BCUT2D eigenvalue weighted by Gasteiger charge is -2.28. The standard InChI is InChI=1S/C15H23N3O2/c19-15(17-10-12-4-3-9-20-12)11-18-8-2-6-14(18)13-5-1-7-16-13/h3-4,9,13-14,16H,1-2,5-8,10-11H2,(H,17,19). The van der Waals surface area contributed by atoms with Crippen LogP contribution in [-0.4, -0.2) is 42.5 Å². The van der Waals surface area contributed by atoms with Crippen LogP contribution in [0.25, 0.3) is 0 Å². The van der Waals surface area contributed by atoms with Gasteiger partial charge in [-0.1, -0.05) is 0 Å². The lowest BCUT2D eigenvalue weighted by molar-refractivity contribution is -0.122. The van der Waals surface area contributed by atoms with Gasteiger partial charge in [0, 0.05) is 12.1 Å². The van der Waals surface area contributed by atoms with Gasteiger partial charge in [-0.2, -0.15) is 0 Å². The van der Waals surface area contributed by atoms with Crippen molar-refractivity contribution in [1.29, 1.82) is 0 Å². The van der Waals surface area contributed by atoms with Crippen molar-refractivity contribution in [2.45, 2.75) is 44.3 Å². The molecule has 0 spiro atoms. The highest BCUT2D eigenvalue weighted by molar-refractivity contribution is 5.78. The number of furan rings is 1. The molecular weight excluding hydrogens is 254 g/mol. The van der Waals surface area contributed by atoms with E-state index in [-0.39, 0.29) is 5.91 Å². The van der Waals surface area contributed by atoms with Crippen molar-refractivity contribution in [1.82, 2.24) is 15.5 Å². The second-order valence-electron chi connectivity index (χ2n) is 5.74. The van der Waals surface area contributed by atoms with E-state index in [0.29, 0.717) is 25.2 Å². The number of carbonyl (C=O) groups excluding carboxylic acids is 1. The third-order valence-corrected chi connectivity index (χ3v) is 4.36. The molecule has 0 aliphatic carbocycles. The lowest BCUT2D eigenvalue weighted by atomic mass is 10.0. The van der Waals surface area contributed by atoms with Crippen molar-refractivity contribution in [3.05, 3.63) is 24.2 Å². The first kappa shape index (κ1) is 13.6. The van der Waals surface area contributed by atoms with Gasteiger partial charge in [0.25, 0.3) is 0 Å². The monoisotopic (exact) mass is 277 g/mol. The van der Waals surface area contributed by atoms with Gasteiger partial charge in [-0.15, -0.1) is 0 Å². The van der Waals surface area contributed by atoms with Crippen LogP contribution in [0.15, 0.2) is 22.8 Å². The zero-order valence-corrected chi connectivity index (χ0v) is 11.8. The summed E-state index contributed by atoms with van der Waals surface area (Å²) in [6.45, 7) is 3.15. The average molecular weight is 277 g/mol. The van der Waals surface area contributed by atoms with Gasteiger partial charge in [-0.25, -0.2) is 0 Å². The van der Waals surface area contributed by atoms with E-state index in [9.17, 15) is 4.79 Å². The quantitative estimate of drug-likeness (QED) is 0.846. The number of carbonyl (C=O) groups is 1. The van der Waals surface area contributed by atoms with E-state index in [0.717, 1.165) is 18.8 Å². The van der Waals surface area contributed by atoms with E-state index >= 15 is 0 Å². The first-order valence-corrected chi connectivity index (χ1v) is 7.59. The van der Waals surface area contributed by atoms with E-state index < -0.39 is 0 Å². The summed E-state index contributed by atoms with van der Waals surface area (Å²) >= 11 is 0. The third-order valence-electron chi connectivity index (χ3n) is 4.36. The van der Waals surface area contributed by atoms with Crippen LogP contribution >= 0.6 is 0 Å². The maximum Gasteiger partial charge on any atom is 0.234 e. The molecular formula is C15H23N3O2. The van der Waals surface area contributed by atoms with Crippen molar-refractivity contribution in [2.75, 3.05) is 19.6 Å². The summed E-state index contributed by atoms with van der Waals surface area (Å²) in [6, 6.07) is 4.83. The van der Waals surface area contributed by atoms with Gasteiger partial charge in [0.1, 0.15) is 5.76 Å². The van der Waals surface area contributed by atoms with E-state index in [2.05, 4.69) is 15.5 Å². The predicted molar refractivity (Wildman–Crippen MR) is 76.2 cm³/mol. The maximum atomic E-state index is 12.0. The summed E-state index contributed by atoms with van der Waals surface area (Å²) in [6.07, 6.45) is 6.55. The molecule has 5 heteroatoms. The first-order valence-electron chi connectivity index (χ1n) is 7.59. The molecule has 1 amide bonds. The van der Waals surface area contributed by atoms with E-state index in [4.69, 9.17) is 4.42 Å². The minimum atomic E-state index is 0.0892. The molecule has 2 N–H and O–H groups in total. The molecule has 1 aromatic heterocycles. The molecule has 20 heavy (non-hydrogen) atoms. The van der Waals surface area contributed by atoms with E-state index in [1.807, 2.05) is 12.1 Å². The van der Waals surface area contributed by atoms with Gasteiger partial charge < -0.3 is 15.1 Å². The molecule has 3 rings (SSSR count). The fourth-order valence-electron chi connectivity index (χ4n) is 3.38. The molecule has 2 atom stereocenters. The van der Waals surface area contributed by atoms with Crippen LogP contribution in [0, 0.1) is 0 Å². The number of rotatable bonds is 5. The van der Waals surface area contributed by atoms with Gasteiger partial charge in [0.15, 0.2) is 0 Å². The molecule has 0 saturated carbocycles. The summed E-state index contributed by atoms with van der Waals surface area (Å²) in [4.78, 5) is 14.4. The van der Waals surface area contributed by atoms with E-state index in [1.54, 1.807) is 6.26 Å². The van der Waals surface area contributed by atoms with Gasteiger partial charge >= 0.3 is 0 Å². The molecule has 110 valence electrons. The molecule has 2 unspecified atom stereocenters. The van der Waals surface area contributed by atoms with Crippen LogP contribution < -0.4 is 10.6 Å². The zero-order chi connectivity index (χ0) is 13.8. The molecule has 2 aliphatic heterocycles. The van der Waals surface area contributed by atoms with Crippen molar-refractivity contribution < 1.29 is 9.21 Å². The Morgan fingerprint density at radius 3 is 3.15 bits per heavy atom. The molecule has 1 aromatic rings. The molecule has 3 heterocycles. The van der Waals surface area contributed by atoms with Crippen LogP contribution in [0.1, 0.15) is 31.4 Å². The van der Waals surface area contributed by atoms with Crippen LogP contribution in [0.2, 0.25) is 0 Å². The highest BCUT2D eigenvalue weighted by Gasteiger charge is 2.33. The van der Waals surface area contributed by atoms with Crippen LogP contribution in [0.5, 0.6) is 0 Å². The fraction of sp³-hybridized carbons (Fsp3) is 0.667. The zero-order valence-electron chi connectivity index (χ0n) is 11.8. The molecule has 5 nitrogen and oxygen atoms in total. The first-order chi connectivity index (χ1) is 9.83. The molecule has 0 bridgehead atoms. The predicted octanol–water partition coefficient (Wildman–Crippen LogP) is 1.11. The van der Waals surface area contributed by atoms with Gasteiger partial charge in [-0.05, 0) is 50.9 Å². The Morgan fingerprint density at radius 1 is 1.45 bits per heavy atom. The Kier molecular flexibility index (Phi) is 4.38. The largest absolute Gasteiger partial charge is 0.467 e. The highest BCUT2D eigenvalue weighted by Crippen LogP contribution is 2.24.